The van der Waals surface area contributed by atoms with Crippen molar-refractivity contribution in [2.24, 2.45) is 0 Å². The lowest BCUT2D eigenvalue weighted by molar-refractivity contribution is -0.904. The molecular weight excluding hydrogens is 206 g/mol. The molecule has 0 radical (unpaired) electrons. The van der Waals surface area contributed by atoms with Crippen LogP contribution in [0.5, 0.6) is 0 Å². The quantitative estimate of drug-likeness (QED) is 0.398. The Hall–Kier alpha value is -0.770. The third-order valence-electron chi connectivity index (χ3n) is 3.01. The number of hydrogen-bond acceptors (Lipinski definition) is 3. The normalized spacial score (nSPS) is 10.3. The molecule has 0 saturated heterocycles. The van der Waals surface area contributed by atoms with Crippen molar-refractivity contribution in [3.63, 3.8) is 0 Å². The van der Waals surface area contributed by atoms with E-state index >= 15 is 0 Å². The van der Waals surface area contributed by atoms with Gasteiger partial charge in [0.05, 0.1) is 26.7 Å². The summed E-state index contributed by atoms with van der Waals surface area (Å²) in [5.74, 6) is 0. The van der Waals surface area contributed by atoms with Crippen molar-refractivity contribution in [1.82, 2.24) is 0 Å². The fraction of sp³-hybridized carbons (Fsp3) is 0.917. The molecule has 0 fully saturated rings. The summed E-state index contributed by atoms with van der Waals surface area (Å²) in [5, 5.41) is 9.54. The molecular formula is C12H27NO3. The molecule has 0 aromatic heterocycles. The van der Waals surface area contributed by atoms with Gasteiger partial charge >= 0.3 is 0 Å². The maximum Gasteiger partial charge on any atom is 0.251 e. The molecule has 98 valence electrons. The largest absolute Gasteiger partial charge is 0.550 e. The van der Waals surface area contributed by atoms with Crippen LogP contribution in [0.1, 0.15) is 40.5 Å². The molecule has 0 aliphatic heterocycles. The van der Waals surface area contributed by atoms with Crippen LogP contribution in [0.3, 0.4) is 0 Å². The van der Waals surface area contributed by atoms with E-state index in [-0.39, 0.29) is 6.61 Å². The number of rotatable bonds is 6. The van der Waals surface area contributed by atoms with Gasteiger partial charge in [-0.15, -0.1) is 0 Å². The molecule has 0 rings (SSSR count). The van der Waals surface area contributed by atoms with Crippen LogP contribution in [-0.2, 0) is 4.74 Å². The zero-order valence-electron chi connectivity index (χ0n) is 11.4. The molecule has 0 N–H and O–H groups in total. The summed E-state index contributed by atoms with van der Waals surface area (Å²) >= 11 is 0. The second-order valence-corrected chi connectivity index (χ2v) is 4.02. The van der Waals surface area contributed by atoms with Gasteiger partial charge in [-0.05, 0) is 27.2 Å². The molecule has 4 nitrogen and oxygen atoms in total. The number of carbonyl (C=O) groups is 1. The first-order valence-electron chi connectivity index (χ1n) is 6.13. The minimum absolute atomic E-state index is 0.263. The van der Waals surface area contributed by atoms with E-state index in [1.165, 1.54) is 24.1 Å². The first-order chi connectivity index (χ1) is 7.45. The summed E-state index contributed by atoms with van der Waals surface area (Å²) in [7, 11) is 2.29. The second-order valence-electron chi connectivity index (χ2n) is 4.02. The molecule has 0 unspecified atom stereocenters. The van der Waals surface area contributed by atoms with E-state index < -0.39 is 6.16 Å². The SMILES string of the molecule is CCCCOC(=O)[O-].CC[N+](C)(CC)CC. The van der Waals surface area contributed by atoms with Crippen molar-refractivity contribution in [2.45, 2.75) is 40.5 Å². The number of hydrogen-bond donors (Lipinski definition) is 0. The molecule has 0 aromatic carbocycles. The average Bonchev–Trinajstić information content (AvgIpc) is 2.29. The minimum Gasteiger partial charge on any atom is -0.550 e. The Bertz CT molecular complexity index is 159. The van der Waals surface area contributed by atoms with Gasteiger partial charge in [0.2, 0.25) is 0 Å². The Kier molecular flexibility index (Phi) is 11.8. The average molecular weight is 233 g/mol. The molecule has 4 heteroatoms. The van der Waals surface area contributed by atoms with E-state index in [9.17, 15) is 9.90 Å². The van der Waals surface area contributed by atoms with Gasteiger partial charge in [0.15, 0.2) is 0 Å². The molecule has 0 aromatic rings. The number of nitrogens with zero attached hydrogens (tertiary/aromatic N) is 1. The van der Waals surface area contributed by atoms with Crippen LogP contribution in [-0.4, -0.2) is 43.9 Å². The number of quaternary nitrogens is 1. The number of carboxylic acid groups (broad SMARTS) is 1. The predicted molar refractivity (Wildman–Crippen MR) is 64.1 cm³/mol. The molecule has 0 bridgehead atoms. The molecule has 16 heavy (non-hydrogen) atoms. The van der Waals surface area contributed by atoms with Gasteiger partial charge in [0.25, 0.3) is 6.16 Å². The van der Waals surface area contributed by atoms with Gasteiger partial charge in [-0.2, -0.15) is 0 Å². The summed E-state index contributed by atoms with van der Waals surface area (Å²) in [6.07, 6.45) is 0.278. The summed E-state index contributed by atoms with van der Waals surface area (Å²) in [6.45, 7) is 12.7. The van der Waals surface area contributed by atoms with Crippen LogP contribution in [0.4, 0.5) is 4.79 Å². The van der Waals surface area contributed by atoms with Gasteiger partial charge in [0.1, 0.15) is 0 Å². The lowest BCUT2D eigenvalue weighted by Gasteiger charge is -2.30. The van der Waals surface area contributed by atoms with Gasteiger partial charge in [-0.1, -0.05) is 13.3 Å². The van der Waals surface area contributed by atoms with Crippen molar-refractivity contribution in [3.8, 4) is 0 Å². The zero-order valence-corrected chi connectivity index (χ0v) is 11.4. The van der Waals surface area contributed by atoms with Crippen LogP contribution >= 0.6 is 0 Å². The second kappa shape index (κ2) is 10.7. The predicted octanol–water partition coefficient (Wildman–Crippen LogP) is 1.64. The van der Waals surface area contributed by atoms with E-state index in [0.29, 0.717) is 0 Å². The molecule has 0 spiro atoms. The fourth-order valence-corrected chi connectivity index (χ4v) is 0.971. The molecule has 0 saturated carbocycles. The van der Waals surface area contributed by atoms with Crippen LogP contribution in [0.25, 0.3) is 0 Å². The Morgan fingerprint density at radius 2 is 1.56 bits per heavy atom. The molecule has 0 aliphatic rings. The fourth-order valence-electron chi connectivity index (χ4n) is 0.971. The van der Waals surface area contributed by atoms with Crippen molar-refractivity contribution in [2.75, 3.05) is 33.3 Å². The van der Waals surface area contributed by atoms with Crippen molar-refractivity contribution >= 4 is 6.16 Å². The maximum absolute atomic E-state index is 9.54. The van der Waals surface area contributed by atoms with E-state index in [0.717, 1.165) is 12.8 Å². The van der Waals surface area contributed by atoms with Gasteiger partial charge in [-0.25, -0.2) is 0 Å². The molecule has 0 atom stereocenters. The Morgan fingerprint density at radius 1 is 1.12 bits per heavy atom. The van der Waals surface area contributed by atoms with Crippen molar-refractivity contribution in [1.29, 1.82) is 0 Å². The summed E-state index contributed by atoms with van der Waals surface area (Å²) in [5.41, 5.74) is 0. The maximum atomic E-state index is 9.54. The summed E-state index contributed by atoms with van der Waals surface area (Å²) in [6, 6.07) is 0. The van der Waals surface area contributed by atoms with Gasteiger partial charge in [0, 0.05) is 6.61 Å². The van der Waals surface area contributed by atoms with E-state index in [1.54, 1.807) is 0 Å². The third kappa shape index (κ3) is 11.3. The highest BCUT2D eigenvalue weighted by molar-refractivity contribution is 5.53. The van der Waals surface area contributed by atoms with Crippen LogP contribution in [0.15, 0.2) is 0 Å². The van der Waals surface area contributed by atoms with Gasteiger partial charge < -0.3 is 19.1 Å². The highest BCUT2D eigenvalue weighted by Crippen LogP contribution is 1.97. The Morgan fingerprint density at radius 3 is 1.75 bits per heavy atom. The Labute approximate surface area is 99.8 Å². The third-order valence-corrected chi connectivity index (χ3v) is 3.01. The van der Waals surface area contributed by atoms with Gasteiger partial charge in [-0.3, -0.25) is 0 Å². The van der Waals surface area contributed by atoms with Crippen molar-refractivity contribution in [3.05, 3.63) is 0 Å². The van der Waals surface area contributed by atoms with Crippen LogP contribution < -0.4 is 5.11 Å². The van der Waals surface area contributed by atoms with E-state index in [2.05, 4.69) is 32.6 Å². The highest BCUT2D eigenvalue weighted by Gasteiger charge is 2.10. The smallest absolute Gasteiger partial charge is 0.251 e. The summed E-state index contributed by atoms with van der Waals surface area (Å²) in [4.78, 5) is 9.54. The van der Waals surface area contributed by atoms with Crippen LogP contribution in [0.2, 0.25) is 0 Å². The standard InChI is InChI=1S/C7H18N.C5H10O3/c1-5-8(4,6-2)7-3;1-2-3-4-8-5(6)7/h5-7H2,1-4H3;2-4H2,1H3,(H,6,7)/q+1;/p-1. The van der Waals surface area contributed by atoms with Crippen molar-refractivity contribution < 1.29 is 19.1 Å². The molecule has 0 heterocycles. The first-order valence-corrected chi connectivity index (χ1v) is 6.13. The van der Waals surface area contributed by atoms with Crippen LogP contribution in [0, 0.1) is 0 Å². The molecule has 0 aliphatic carbocycles. The Balaban J connectivity index is 0. The first kappa shape index (κ1) is 17.6. The summed E-state index contributed by atoms with van der Waals surface area (Å²) < 4.78 is 5.30. The number of carbonyl (C=O) groups excluding carboxylic acids is 1. The monoisotopic (exact) mass is 233 g/mol. The number of unbranched alkanes of at least 4 members (excludes halogenated alkanes) is 1. The molecule has 0 amide bonds. The minimum atomic E-state index is -1.43. The zero-order chi connectivity index (χ0) is 13.0. The lowest BCUT2D eigenvalue weighted by atomic mass is 10.4. The van der Waals surface area contributed by atoms with E-state index in [1.807, 2.05) is 6.92 Å². The van der Waals surface area contributed by atoms with E-state index in [4.69, 9.17) is 0 Å². The number of ether oxygens (including phenoxy) is 1. The highest BCUT2D eigenvalue weighted by atomic mass is 16.7. The lowest BCUT2D eigenvalue weighted by Crippen LogP contribution is -2.42. The topological polar surface area (TPSA) is 49.4 Å².